The smallest absolute Gasteiger partial charge is 0.331 e. The number of ether oxygens (including phenoxy) is 1. The Morgan fingerprint density at radius 2 is 1.77 bits per heavy atom. The molecule has 0 fully saturated rings. The Balaban J connectivity index is 4.16. The lowest BCUT2D eigenvalue weighted by molar-refractivity contribution is -0.141. The van der Waals surface area contributed by atoms with Crippen molar-refractivity contribution in [2.75, 3.05) is 0 Å². The minimum atomic E-state index is -0.275. The molecule has 128 valence electrons. The highest BCUT2D eigenvalue weighted by Gasteiger charge is 2.22. The van der Waals surface area contributed by atoms with Gasteiger partial charge in [-0.3, -0.25) is 0 Å². The summed E-state index contributed by atoms with van der Waals surface area (Å²) in [6.45, 7) is 14.2. The first-order chi connectivity index (χ1) is 10.0. The van der Waals surface area contributed by atoms with Crippen molar-refractivity contribution in [3.05, 3.63) is 23.8 Å². The van der Waals surface area contributed by atoms with Crippen LogP contribution in [-0.4, -0.2) is 16.9 Å². The summed E-state index contributed by atoms with van der Waals surface area (Å²) in [5.74, 6) is 0.851. The van der Waals surface area contributed by atoms with Crippen molar-refractivity contribution in [2.45, 2.75) is 78.7 Å². The molecule has 3 heteroatoms. The molecule has 0 radical (unpaired) electrons. The van der Waals surface area contributed by atoms with Crippen molar-refractivity contribution < 1.29 is 9.53 Å². The summed E-state index contributed by atoms with van der Waals surface area (Å²) in [7, 11) is 0. The summed E-state index contributed by atoms with van der Waals surface area (Å²) in [5, 5.41) is 0. The minimum Gasteiger partial charge on any atom is -0.460 e. The predicted octanol–water partition coefficient (Wildman–Crippen LogP) is 5.90. The zero-order chi connectivity index (χ0) is 17.3. The maximum absolute atomic E-state index is 11.5. The van der Waals surface area contributed by atoms with Crippen LogP contribution in [0.1, 0.15) is 67.7 Å². The summed E-state index contributed by atoms with van der Waals surface area (Å²) in [4.78, 5) is 11.4. The first-order valence-corrected chi connectivity index (χ1v) is 8.64. The molecule has 2 unspecified atom stereocenters. The van der Waals surface area contributed by atoms with Crippen LogP contribution in [0.5, 0.6) is 0 Å². The van der Waals surface area contributed by atoms with Crippen molar-refractivity contribution in [1.29, 1.82) is 0 Å². The molecular formula is C19H33ClO2. The van der Waals surface area contributed by atoms with Gasteiger partial charge in [0.25, 0.3) is 0 Å². The number of halogens is 1. The number of carbonyl (C=O) groups is 1. The second-order valence-corrected chi connectivity index (χ2v) is 8.13. The molecule has 0 aliphatic carbocycles. The lowest BCUT2D eigenvalue weighted by Crippen LogP contribution is -2.22. The average molecular weight is 329 g/mol. The van der Waals surface area contributed by atoms with Crippen molar-refractivity contribution in [1.82, 2.24) is 0 Å². The zero-order valence-electron chi connectivity index (χ0n) is 15.3. The van der Waals surface area contributed by atoms with Gasteiger partial charge in [-0.2, -0.15) is 0 Å². The monoisotopic (exact) mass is 328 g/mol. The van der Waals surface area contributed by atoms with Gasteiger partial charge in [-0.15, -0.1) is 11.6 Å². The molecule has 0 aliphatic heterocycles. The van der Waals surface area contributed by atoms with Crippen LogP contribution in [0.25, 0.3) is 0 Å². The van der Waals surface area contributed by atoms with E-state index in [1.54, 1.807) is 6.08 Å². The van der Waals surface area contributed by atoms with Gasteiger partial charge >= 0.3 is 5.97 Å². The molecule has 0 saturated carbocycles. The van der Waals surface area contributed by atoms with E-state index in [4.69, 9.17) is 16.3 Å². The number of hydrogen-bond donors (Lipinski definition) is 0. The molecule has 0 bridgehead atoms. The Hall–Kier alpha value is -0.760. The number of rotatable bonds is 9. The highest BCUT2D eigenvalue weighted by molar-refractivity contribution is 6.23. The fourth-order valence-corrected chi connectivity index (χ4v) is 2.09. The fourth-order valence-electron chi connectivity index (χ4n) is 1.98. The molecule has 2 atom stereocenters. The van der Waals surface area contributed by atoms with Crippen molar-refractivity contribution >= 4 is 17.6 Å². The number of alkyl halides is 1. The quantitative estimate of drug-likeness (QED) is 0.228. The van der Waals surface area contributed by atoms with Crippen molar-refractivity contribution in [3.8, 4) is 0 Å². The van der Waals surface area contributed by atoms with Gasteiger partial charge in [-0.05, 0) is 64.9 Å². The van der Waals surface area contributed by atoms with Crippen molar-refractivity contribution in [2.24, 2.45) is 11.8 Å². The second kappa shape index (κ2) is 10.1. The largest absolute Gasteiger partial charge is 0.460 e. The Labute approximate surface area is 142 Å². The summed E-state index contributed by atoms with van der Waals surface area (Å²) in [6.07, 6.45) is 8.91. The van der Waals surface area contributed by atoms with Crippen LogP contribution in [0.15, 0.2) is 23.8 Å². The van der Waals surface area contributed by atoms with Crippen LogP contribution in [0.3, 0.4) is 0 Å². The van der Waals surface area contributed by atoms with Gasteiger partial charge in [-0.1, -0.05) is 32.4 Å². The second-order valence-electron chi connectivity index (χ2n) is 7.16. The Bertz CT molecular complexity index is 389. The standard InChI is InChI=1S/C19H33ClO2/c1-14(2)22-18(21)13-16(4)10-8-9-15(3)11-12-17(5)19(6,7)20/h8,10,13-15,17H,9,11-12H2,1-7H3/b10-8+,16-13+. The predicted molar refractivity (Wildman–Crippen MR) is 96.2 cm³/mol. The van der Waals surface area contributed by atoms with Crippen LogP contribution in [-0.2, 0) is 9.53 Å². The van der Waals surface area contributed by atoms with Crippen molar-refractivity contribution in [3.63, 3.8) is 0 Å². The Morgan fingerprint density at radius 3 is 2.27 bits per heavy atom. The van der Waals surface area contributed by atoms with Crippen LogP contribution in [0, 0.1) is 11.8 Å². The van der Waals surface area contributed by atoms with Gasteiger partial charge in [0.2, 0.25) is 0 Å². The molecule has 2 nitrogen and oxygen atoms in total. The first kappa shape index (κ1) is 21.2. The summed E-state index contributed by atoms with van der Waals surface area (Å²) < 4.78 is 5.08. The van der Waals surface area contributed by atoms with E-state index in [0.717, 1.165) is 18.4 Å². The molecule has 0 aromatic rings. The maximum atomic E-state index is 11.5. The lowest BCUT2D eigenvalue weighted by Gasteiger charge is -2.25. The SMILES string of the molecule is CC(/C=C/CC(C)CCC(C)C(C)(C)Cl)=C\C(=O)OC(C)C. The average Bonchev–Trinajstić information content (AvgIpc) is 2.33. The number of esters is 1. The van der Waals surface area contributed by atoms with Gasteiger partial charge in [0.15, 0.2) is 0 Å². The molecule has 0 aromatic heterocycles. The Kier molecular flexibility index (Phi) is 9.75. The van der Waals surface area contributed by atoms with Gasteiger partial charge < -0.3 is 4.74 Å². The van der Waals surface area contributed by atoms with E-state index < -0.39 is 0 Å². The molecule has 0 spiro atoms. The molecule has 0 aliphatic rings. The van der Waals surface area contributed by atoms with Crippen LogP contribution >= 0.6 is 11.6 Å². The number of hydrogen-bond acceptors (Lipinski definition) is 2. The highest BCUT2D eigenvalue weighted by atomic mass is 35.5. The number of carbonyl (C=O) groups excluding carboxylic acids is 1. The molecule has 22 heavy (non-hydrogen) atoms. The first-order valence-electron chi connectivity index (χ1n) is 8.26. The van der Waals surface area contributed by atoms with E-state index in [0.29, 0.717) is 11.8 Å². The van der Waals surface area contributed by atoms with E-state index in [1.807, 2.05) is 26.8 Å². The summed E-state index contributed by atoms with van der Waals surface area (Å²) in [6, 6.07) is 0. The molecule has 0 saturated heterocycles. The van der Waals surface area contributed by atoms with Gasteiger partial charge in [0, 0.05) is 11.0 Å². The minimum absolute atomic E-state index is 0.0753. The fraction of sp³-hybridized carbons (Fsp3) is 0.737. The van der Waals surface area contributed by atoms with Crippen LogP contribution in [0.4, 0.5) is 0 Å². The van der Waals surface area contributed by atoms with Crippen LogP contribution in [0.2, 0.25) is 0 Å². The van der Waals surface area contributed by atoms with Crippen LogP contribution < -0.4 is 0 Å². The Morgan fingerprint density at radius 1 is 1.18 bits per heavy atom. The summed E-state index contributed by atoms with van der Waals surface area (Å²) >= 11 is 6.33. The van der Waals surface area contributed by atoms with E-state index in [2.05, 4.69) is 33.8 Å². The third kappa shape index (κ3) is 10.9. The third-order valence-corrected chi connectivity index (χ3v) is 4.25. The lowest BCUT2D eigenvalue weighted by atomic mass is 9.88. The normalized spacial score (nSPS) is 16.1. The molecule has 0 heterocycles. The molecule has 0 amide bonds. The number of allylic oxidation sites excluding steroid dienone is 3. The highest BCUT2D eigenvalue weighted by Crippen LogP contribution is 2.29. The van der Waals surface area contributed by atoms with E-state index in [9.17, 15) is 4.79 Å². The van der Waals surface area contributed by atoms with E-state index in [1.165, 1.54) is 6.42 Å². The van der Waals surface area contributed by atoms with Gasteiger partial charge in [-0.25, -0.2) is 4.79 Å². The zero-order valence-corrected chi connectivity index (χ0v) is 16.0. The molecule has 0 aromatic carbocycles. The summed E-state index contributed by atoms with van der Waals surface area (Å²) in [5.41, 5.74) is 0.924. The van der Waals surface area contributed by atoms with Gasteiger partial charge in [0.1, 0.15) is 0 Å². The van der Waals surface area contributed by atoms with E-state index in [-0.39, 0.29) is 16.9 Å². The topological polar surface area (TPSA) is 26.3 Å². The van der Waals surface area contributed by atoms with E-state index >= 15 is 0 Å². The molecule has 0 N–H and O–H groups in total. The molecular weight excluding hydrogens is 296 g/mol. The molecule has 0 rings (SSSR count). The van der Waals surface area contributed by atoms with Gasteiger partial charge in [0.05, 0.1) is 6.10 Å². The maximum Gasteiger partial charge on any atom is 0.331 e. The third-order valence-electron chi connectivity index (χ3n) is 3.88.